The van der Waals surface area contributed by atoms with Crippen molar-refractivity contribution in [1.29, 1.82) is 0 Å². The first-order valence-corrected chi connectivity index (χ1v) is 6.26. The molecule has 1 aromatic rings. The first kappa shape index (κ1) is 14.9. The first-order chi connectivity index (χ1) is 8.43. The zero-order valence-electron chi connectivity index (χ0n) is 10.3. The van der Waals surface area contributed by atoms with Crippen LogP contribution in [0.15, 0.2) is 18.2 Å². The summed E-state index contributed by atoms with van der Waals surface area (Å²) in [6, 6.07) is 3.02. The van der Waals surface area contributed by atoms with E-state index in [9.17, 15) is 13.6 Å². The molecule has 0 radical (unpaired) electrons. The Hall–Kier alpha value is -1.16. The molecule has 2 nitrogen and oxygen atoms in total. The number of carbonyl (C=O) groups is 1. The van der Waals surface area contributed by atoms with Crippen LogP contribution in [-0.4, -0.2) is 17.8 Å². The SMILES string of the molecule is CC(C)C(CCl)NC(=O)Cc1ccc(F)cc1F. The Kier molecular flexibility index (Phi) is 5.54. The Bertz CT molecular complexity index is 423. The maximum Gasteiger partial charge on any atom is 0.224 e. The van der Waals surface area contributed by atoms with Crippen molar-refractivity contribution in [3.05, 3.63) is 35.4 Å². The third kappa shape index (κ3) is 4.26. The summed E-state index contributed by atoms with van der Waals surface area (Å²) in [5, 5.41) is 2.73. The average Bonchev–Trinajstić information content (AvgIpc) is 2.29. The van der Waals surface area contributed by atoms with Crippen molar-refractivity contribution in [2.24, 2.45) is 5.92 Å². The maximum atomic E-state index is 13.3. The summed E-state index contributed by atoms with van der Waals surface area (Å²) >= 11 is 5.72. The van der Waals surface area contributed by atoms with E-state index in [0.717, 1.165) is 12.1 Å². The summed E-state index contributed by atoms with van der Waals surface area (Å²) in [6.45, 7) is 3.87. The highest BCUT2D eigenvalue weighted by Gasteiger charge is 2.16. The van der Waals surface area contributed by atoms with Crippen molar-refractivity contribution in [1.82, 2.24) is 5.32 Å². The Morgan fingerprint density at radius 2 is 2.06 bits per heavy atom. The van der Waals surface area contributed by atoms with Gasteiger partial charge in [0, 0.05) is 18.0 Å². The van der Waals surface area contributed by atoms with Gasteiger partial charge in [0.15, 0.2) is 0 Å². The number of benzene rings is 1. The van der Waals surface area contributed by atoms with Gasteiger partial charge >= 0.3 is 0 Å². The average molecular weight is 276 g/mol. The number of rotatable bonds is 5. The number of carbonyl (C=O) groups excluding carboxylic acids is 1. The van der Waals surface area contributed by atoms with E-state index in [2.05, 4.69) is 5.32 Å². The van der Waals surface area contributed by atoms with Crippen molar-refractivity contribution in [3.8, 4) is 0 Å². The van der Waals surface area contributed by atoms with Crippen LogP contribution in [-0.2, 0) is 11.2 Å². The minimum absolute atomic E-state index is 0.119. The fraction of sp³-hybridized carbons (Fsp3) is 0.462. The van der Waals surface area contributed by atoms with Crippen LogP contribution in [0.4, 0.5) is 8.78 Å². The van der Waals surface area contributed by atoms with E-state index < -0.39 is 11.6 Å². The number of nitrogens with one attached hydrogen (secondary N) is 1. The third-order valence-corrected chi connectivity index (χ3v) is 3.02. The second-order valence-electron chi connectivity index (χ2n) is 4.48. The van der Waals surface area contributed by atoms with Gasteiger partial charge in [0.05, 0.1) is 6.42 Å². The number of hydrogen-bond donors (Lipinski definition) is 1. The lowest BCUT2D eigenvalue weighted by Gasteiger charge is -2.19. The molecule has 100 valence electrons. The van der Waals surface area contributed by atoms with Gasteiger partial charge in [-0.2, -0.15) is 0 Å². The van der Waals surface area contributed by atoms with Crippen molar-refractivity contribution < 1.29 is 13.6 Å². The van der Waals surface area contributed by atoms with Crippen LogP contribution in [0.5, 0.6) is 0 Å². The molecule has 5 heteroatoms. The highest BCUT2D eigenvalue weighted by Crippen LogP contribution is 2.11. The summed E-state index contributed by atoms with van der Waals surface area (Å²) in [6.07, 6.45) is -0.119. The molecule has 0 bridgehead atoms. The molecule has 0 aliphatic carbocycles. The van der Waals surface area contributed by atoms with E-state index in [-0.39, 0.29) is 29.9 Å². The molecule has 0 saturated carbocycles. The lowest BCUT2D eigenvalue weighted by molar-refractivity contribution is -0.121. The lowest BCUT2D eigenvalue weighted by atomic mass is 10.1. The van der Waals surface area contributed by atoms with Crippen LogP contribution in [0.25, 0.3) is 0 Å². The molecule has 1 aromatic carbocycles. The first-order valence-electron chi connectivity index (χ1n) is 5.73. The van der Waals surface area contributed by atoms with Crippen molar-refractivity contribution in [2.75, 3.05) is 5.88 Å². The van der Waals surface area contributed by atoms with Gasteiger partial charge in [-0.1, -0.05) is 19.9 Å². The lowest BCUT2D eigenvalue weighted by Crippen LogP contribution is -2.40. The number of alkyl halides is 1. The van der Waals surface area contributed by atoms with E-state index in [1.165, 1.54) is 6.07 Å². The quantitative estimate of drug-likeness (QED) is 0.823. The van der Waals surface area contributed by atoms with Crippen LogP contribution in [0.3, 0.4) is 0 Å². The van der Waals surface area contributed by atoms with Gasteiger partial charge in [-0.3, -0.25) is 4.79 Å². The van der Waals surface area contributed by atoms with Crippen LogP contribution < -0.4 is 5.32 Å². The predicted molar refractivity (Wildman–Crippen MR) is 67.6 cm³/mol. The minimum Gasteiger partial charge on any atom is -0.352 e. The fourth-order valence-corrected chi connectivity index (χ4v) is 1.91. The van der Waals surface area contributed by atoms with Crippen LogP contribution in [0.1, 0.15) is 19.4 Å². The Morgan fingerprint density at radius 1 is 1.39 bits per heavy atom. The summed E-state index contributed by atoms with van der Waals surface area (Å²) in [4.78, 5) is 11.7. The van der Waals surface area contributed by atoms with E-state index in [4.69, 9.17) is 11.6 Å². The zero-order valence-corrected chi connectivity index (χ0v) is 11.1. The minimum atomic E-state index is -0.711. The molecule has 0 heterocycles. The van der Waals surface area contributed by atoms with Gasteiger partial charge in [0.1, 0.15) is 11.6 Å². The van der Waals surface area contributed by atoms with Gasteiger partial charge in [0.2, 0.25) is 5.91 Å². The topological polar surface area (TPSA) is 29.1 Å². The molecule has 0 saturated heterocycles. The van der Waals surface area contributed by atoms with Gasteiger partial charge in [-0.25, -0.2) is 8.78 Å². The van der Waals surface area contributed by atoms with E-state index in [1.807, 2.05) is 13.8 Å². The smallest absolute Gasteiger partial charge is 0.224 e. The fourth-order valence-electron chi connectivity index (χ4n) is 1.48. The van der Waals surface area contributed by atoms with Gasteiger partial charge in [-0.05, 0) is 17.5 Å². The number of halogens is 3. The molecule has 1 unspecified atom stereocenters. The van der Waals surface area contributed by atoms with E-state index in [1.54, 1.807) is 0 Å². The second-order valence-corrected chi connectivity index (χ2v) is 4.79. The van der Waals surface area contributed by atoms with Gasteiger partial charge < -0.3 is 5.32 Å². The van der Waals surface area contributed by atoms with Crippen LogP contribution in [0.2, 0.25) is 0 Å². The maximum absolute atomic E-state index is 13.3. The van der Waals surface area contributed by atoms with Crippen molar-refractivity contribution in [2.45, 2.75) is 26.3 Å². The van der Waals surface area contributed by atoms with Crippen LogP contribution in [0, 0.1) is 17.6 Å². The molecule has 1 rings (SSSR count). The molecule has 1 amide bonds. The summed E-state index contributed by atoms with van der Waals surface area (Å²) in [7, 11) is 0. The zero-order chi connectivity index (χ0) is 13.7. The molecule has 0 aliphatic rings. The summed E-state index contributed by atoms with van der Waals surface area (Å²) in [5.74, 6) is -1.19. The molecule has 18 heavy (non-hydrogen) atoms. The normalized spacial score (nSPS) is 12.6. The second kappa shape index (κ2) is 6.69. The van der Waals surface area contributed by atoms with Crippen LogP contribution >= 0.6 is 11.6 Å². The Balaban J connectivity index is 2.64. The Morgan fingerprint density at radius 3 is 2.56 bits per heavy atom. The third-order valence-electron chi connectivity index (χ3n) is 2.68. The Labute approximate surface area is 110 Å². The molecule has 0 spiro atoms. The highest BCUT2D eigenvalue weighted by atomic mass is 35.5. The standard InChI is InChI=1S/C13H16ClF2NO/c1-8(2)12(7-14)17-13(18)5-9-3-4-10(15)6-11(9)16/h3-4,6,8,12H,5,7H2,1-2H3,(H,17,18). The molecule has 1 atom stereocenters. The van der Waals surface area contributed by atoms with Gasteiger partial charge in [0.25, 0.3) is 0 Å². The molecular weight excluding hydrogens is 260 g/mol. The van der Waals surface area contributed by atoms with E-state index >= 15 is 0 Å². The monoisotopic (exact) mass is 275 g/mol. The highest BCUT2D eigenvalue weighted by molar-refractivity contribution is 6.18. The van der Waals surface area contributed by atoms with E-state index in [0.29, 0.717) is 5.88 Å². The predicted octanol–water partition coefficient (Wildman–Crippen LogP) is 2.89. The molecule has 1 N–H and O–H groups in total. The molecule has 0 fully saturated rings. The molecule has 0 aromatic heterocycles. The van der Waals surface area contributed by atoms with Crippen molar-refractivity contribution in [3.63, 3.8) is 0 Å². The molecule has 0 aliphatic heterocycles. The molecular formula is C13H16ClF2NO. The number of hydrogen-bond acceptors (Lipinski definition) is 1. The summed E-state index contributed by atoms with van der Waals surface area (Å²) in [5.41, 5.74) is 0.172. The number of amides is 1. The van der Waals surface area contributed by atoms with Crippen molar-refractivity contribution >= 4 is 17.5 Å². The summed E-state index contributed by atoms with van der Waals surface area (Å²) < 4.78 is 26.0. The van der Waals surface area contributed by atoms with Gasteiger partial charge in [-0.15, -0.1) is 11.6 Å². The largest absolute Gasteiger partial charge is 0.352 e.